The lowest BCUT2D eigenvalue weighted by molar-refractivity contribution is -0.117. The van der Waals surface area contributed by atoms with Crippen LogP contribution in [0, 0.1) is 0 Å². The Hall–Kier alpha value is -1.43. The van der Waals surface area contributed by atoms with Crippen molar-refractivity contribution in [3.8, 4) is 0 Å². The number of aromatic nitrogens is 1. The lowest BCUT2D eigenvalue weighted by Gasteiger charge is -2.10. The van der Waals surface area contributed by atoms with Crippen LogP contribution in [0.15, 0.2) is 23.4 Å². The van der Waals surface area contributed by atoms with Crippen LogP contribution in [-0.4, -0.2) is 20.3 Å². The zero-order valence-electron chi connectivity index (χ0n) is 8.34. The van der Waals surface area contributed by atoms with Gasteiger partial charge in [-0.3, -0.25) is 9.00 Å². The number of nitrogen functional groups attached to an aromatic ring is 1. The minimum absolute atomic E-state index is 0.225. The van der Waals surface area contributed by atoms with Crippen LogP contribution in [0.25, 0.3) is 0 Å². The summed E-state index contributed by atoms with van der Waals surface area (Å²) in [5.41, 5.74) is 11.1. The molecule has 82 valence electrons. The summed E-state index contributed by atoms with van der Waals surface area (Å²) < 4.78 is 11.9. The summed E-state index contributed by atoms with van der Waals surface area (Å²) in [6, 6.07) is 3.23. The number of carbonyl (C=O) groups is 1. The number of nitrogens with two attached hydrogens (primary N) is 2. The minimum Gasteiger partial charge on any atom is -0.396 e. The third-order valence-electron chi connectivity index (χ3n) is 1.94. The first-order chi connectivity index (χ1) is 7.07. The third-order valence-corrected chi connectivity index (χ3v) is 3.74. The molecule has 1 rings (SSSR count). The van der Waals surface area contributed by atoms with Crippen LogP contribution in [-0.2, 0) is 15.6 Å². The molecular formula is C9H13N3O2S. The van der Waals surface area contributed by atoms with E-state index in [4.69, 9.17) is 11.5 Å². The lowest BCUT2D eigenvalue weighted by Crippen LogP contribution is -2.32. The van der Waals surface area contributed by atoms with E-state index in [1.54, 1.807) is 19.1 Å². The van der Waals surface area contributed by atoms with Crippen LogP contribution in [0.5, 0.6) is 0 Å². The number of carbonyl (C=O) groups excluding carboxylic acids is 1. The minimum atomic E-state index is -1.57. The van der Waals surface area contributed by atoms with Gasteiger partial charge in [0.2, 0.25) is 5.91 Å². The summed E-state index contributed by atoms with van der Waals surface area (Å²) in [5, 5.41) is -0.509. The maximum absolute atomic E-state index is 11.9. The maximum atomic E-state index is 11.9. The molecule has 2 unspecified atom stereocenters. The fraction of sp³-hybridized carbons (Fsp3) is 0.333. The van der Waals surface area contributed by atoms with Gasteiger partial charge in [0.25, 0.3) is 0 Å². The molecule has 1 heterocycles. The highest BCUT2D eigenvalue weighted by molar-refractivity contribution is 7.86. The molecule has 5 nitrogen and oxygen atoms in total. The van der Waals surface area contributed by atoms with Gasteiger partial charge < -0.3 is 11.5 Å². The van der Waals surface area contributed by atoms with Crippen LogP contribution >= 0.6 is 0 Å². The van der Waals surface area contributed by atoms with Gasteiger partial charge in [-0.1, -0.05) is 6.92 Å². The Balaban J connectivity index is 3.03. The zero-order valence-corrected chi connectivity index (χ0v) is 9.16. The first kappa shape index (κ1) is 11.6. The molecule has 2 atom stereocenters. The van der Waals surface area contributed by atoms with Crippen LogP contribution in [0.1, 0.15) is 13.3 Å². The number of hydrogen-bond donors (Lipinski definition) is 2. The smallest absolute Gasteiger partial charge is 0.233 e. The largest absolute Gasteiger partial charge is 0.396 e. The molecule has 0 saturated carbocycles. The number of rotatable bonds is 4. The Labute approximate surface area is 90.3 Å². The summed E-state index contributed by atoms with van der Waals surface area (Å²) in [5.74, 6) is -0.596. The van der Waals surface area contributed by atoms with Gasteiger partial charge in [-0.2, -0.15) is 0 Å². The van der Waals surface area contributed by atoms with Gasteiger partial charge in [-0.25, -0.2) is 4.98 Å². The molecular weight excluding hydrogens is 214 g/mol. The summed E-state index contributed by atoms with van der Waals surface area (Å²) in [4.78, 5) is 14.9. The van der Waals surface area contributed by atoms with E-state index >= 15 is 0 Å². The van der Waals surface area contributed by atoms with Gasteiger partial charge >= 0.3 is 0 Å². The van der Waals surface area contributed by atoms with Crippen molar-refractivity contribution in [2.75, 3.05) is 5.73 Å². The normalized spacial score (nSPS) is 14.5. The van der Waals surface area contributed by atoms with Gasteiger partial charge in [0, 0.05) is 6.20 Å². The summed E-state index contributed by atoms with van der Waals surface area (Å²) >= 11 is 0. The first-order valence-electron chi connectivity index (χ1n) is 4.48. The summed E-state index contributed by atoms with van der Waals surface area (Å²) in [6.45, 7) is 1.74. The molecule has 6 heteroatoms. The average Bonchev–Trinajstić information content (AvgIpc) is 2.18. The Kier molecular flexibility index (Phi) is 3.79. The highest BCUT2D eigenvalue weighted by atomic mass is 32.2. The van der Waals surface area contributed by atoms with Crippen molar-refractivity contribution in [1.29, 1.82) is 0 Å². The molecule has 0 radical (unpaired) electrons. The highest BCUT2D eigenvalue weighted by Gasteiger charge is 2.24. The predicted molar refractivity (Wildman–Crippen MR) is 58.3 cm³/mol. The van der Waals surface area contributed by atoms with E-state index in [9.17, 15) is 9.00 Å². The van der Waals surface area contributed by atoms with E-state index in [-0.39, 0.29) is 5.03 Å². The number of amides is 1. The van der Waals surface area contributed by atoms with Crippen molar-refractivity contribution in [2.24, 2.45) is 5.73 Å². The Bertz CT molecular complexity index is 395. The second kappa shape index (κ2) is 4.88. The Morgan fingerprint density at radius 3 is 2.80 bits per heavy atom. The molecule has 1 aromatic heterocycles. The van der Waals surface area contributed by atoms with Gasteiger partial charge in [0.15, 0.2) is 5.03 Å². The average molecular weight is 227 g/mol. The molecule has 0 aromatic carbocycles. The van der Waals surface area contributed by atoms with Crippen molar-refractivity contribution >= 4 is 22.4 Å². The van der Waals surface area contributed by atoms with Crippen LogP contribution < -0.4 is 11.5 Å². The fourth-order valence-electron chi connectivity index (χ4n) is 1.16. The molecule has 4 N–H and O–H groups in total. The summed E-state index contributed by atoms with van der Waals surface area (Å²) in [7, 11) is -1.57. The molecule has 0 aliphatic carbocycles. The molecule has 0 spiro atoms. The maximum Gasteiger partial charge on any atom is 0.233 e. The fourth-order valence-corrected chi connectivity index (χ4v) is 2.41. The number of pyridine rings is 1. The van der Waals surface area contributed by atoms with Gasteiger partial charge in [0.1, 0.15) is 5.25 Å². The molecule has 15 heavy (non-hydrogen) atoms. The van der Waals surface area contributed by atoms with E-state index in [0.29, 0.717) is 12.1 Å². The Morgan fingerprint density at radius 2 is 2.33 bits per heavy atom. The quantitative estimate of drug-likeness (QED) is 0.758. The topological polar surface area (TPSA) is 99.1 Å². The number of primary amides is 1. The molecule has 1 amide bonds. The van der Waals surface area contributed by atoms with Crippen molar-refractivity contribution in [3.63, 3.8) is 0 Å². The molecule has 1 aromatic rings. The van der Waals surface area contributed by atoms with E-state index in [1.807, 2.05) is 0 Å². The molecule has 0 fully saturated rings. The van der Waals surface area contributed by atoms with Gasteiger partial charge in [0.05, 0.1) is 16.5 Å². The SMILES string of the molecule is CCC(C(N)=O)S(=O)c1ncccc1N. The van der Waals surface area contributed by atoms with E-state index < -0.39 is 22.0 Å². The van der Waals surface area contributed by atoms with Crippen LogP contribution in [0.2, 0.25) is 0 Å². The van der Waals surface area contributed by atoms with E-state index in [2.05, 4.69) is 4.98 Å². The first-order valence-corrected chi connectivity index (χ1v) is 5.69. The molecule has 0 aliphatic heterocycles. The molecule has 0 bridgehead atoms. The lowest BCUT2D eigenvalue weighted by atomic mass is 10.3. The van der Waals surface area contributed by atoms with E-state index in [1.165, 1.54) is 6.20 Å². The predicted octanol–water partition coefficient (Wildman–Crippen LogP) is 0.0353. The number of anilines is 1. The zero-order chi connectivity index (χ0) is 11.4. The van der Waals surface area contributed by atoms with Gasteiger partial charge in [-0.15, -0.1) is 0 Å². The van der Waals surface area contributed by atoms with E-state index in [0.717, 1.165) is 0 Å². The highest BCUT2D eigenvalue weighted by Crippen LogP contribution is 2.17. The molecule has 0 aliphatic rings. The second-order valence-electron chi connectivity index (χ2n) is 2.99. The standard InChI is InChI=1S/C9H13N3O2S/c1-2-7(8(11)13)15(14)9-6(10)4-3-5-12-9/h3-5,7H,2,10H2,1H3,(H2,11,13). The van der Waals surface area contributed by atoms with Crippen molar-refractivity contribution in [3.05, 3.63) is 18.3 Å². The summed E-state index contributed by atoms with van der Waals surface area (Å²) in [6.07, 6.45) is 1.88. The Morgan fingerprint density at radius 1 is 1.67 bits per heavy atom. The van der Waals surface area contributed by atoms with Crippen molar-refractivity contribution in [1.82, 2.24) is 4.98 Å². The third kappa shape index (κ3) is 2.53. The monoisotopic (exact) mass is 227 g/mol. The van der Waals surface area contributed by atoms with Gasteiger partial charge in [-0.05, 0) is 18.6 Å². The van der Waals surface area contributed by atoms with Crippen molar-refractivity contribution in [2.45, 2.75) is 23.6 Å². The second-order valence-corrected chi connectivity index (χ2v) is 4.55. The van der Waals surface area contributed by atoms with Crippen molar-refractivity contribution < 1.29 is 9.00 Å². The van der Waals surface area contributed by atoms with Crippen LogP contribution in [0.4, 0.5) is 5.69 Å². The number of nitrogens with zero attached hydrogens (tertiary/aromatic N) is 1. The van der Waals surface area contributed by atoms with Crippen LogP contribution in [0.3, 0.4) is 0 Å². The number of hydrogen-bond acceptors (Lipinski definition) is 4. The molecule has 0 saturated heterocycles.